The van der Waals surface area contributed by atoms with Gasteiger partial charge in [0, 0.05) is 30.7 Å². The largest absolute Gasteiger partial charge is 0.385 e. The second kappa shape index (κ2) is 9.51. The number of benzene rings is 1. The summed E-state index contributed by atoms with van der Waals surface area (Å²) in [7, 11) is 1.77. The highest BCUT2D eigenvalue weighted by molar-refractivity contribution is 9.10. The van der Waals surface area contributed by atoms with Crippen LogP contribution in [0.25, 0.3) is 0 Å². The zero-order chi connectivity index (χ0) is 14.1. The number of hydrogen-bond acceptors (Lipinski definition) is 2. The van der Waals surface area contributed by atoms with Crippen LogP contribution in [0.3, 0.4) is 0 Å². The molecule has 0 saturated heterocycles. The highest BCUT2D eigenvalue weighted by atomic mass is 79.9. The van der Waals surface area contributed by atoms with Crippen molar-refractivity contribution in [3.05, 3.63) is 34.3 Å². The molecule has 0 spiro atoms. The molecule has 2 atom stereocenters. The Kier molecular flexibility index (Phi) is 8.35. The van der Waals surface area contributed by atoms with E-state index in [4.69, 9.17) is 4.74 Å². The van der Waals surface area contributed by atoms with Gasteiger partial charge in [-0.3, -0.25) is 0 Å². The lowest BCUT2D eigenvalue weighted by Crippen LogP contribution is -2.27. The quantitative estimate of drug-likeness (QED) is 0.686. The van der Waals surface area contributed by atoms with Crippen molar-refractivity contribution in [3.8, 4) is 0 Å². The number of nitrogens with one attached hydrogen (secondary N) is 1. The summed E-state index contributed by atoms with van der Waals surface area (Å²) >= 11 is 3.68. The summed E-state index contributed by atoms with van der Waals surface area (Å²) in [5, 5.41) is 3.56. The summed E-state index contributed by atoms with van der Waals surface area (Å²) in [5.41, 5.74) is 1.40. The van der Waals surface area contributed by atoms with Gasteiger partial charge in [0.15, 0.2) is 0 Å². The Labute approximate surface area is 126 Å². The molecule has 1 aromatic rings. The standard InChI is InChI=1S/C16H26BrNO/c1-4-10-18-12-15(13(2)9-11-19-3)14-7-5-6-8-16(14)17/h5-8,13,15,18H,4,9-12H2,1-3H3. The minimum absolute atomic E-state index is 0.525. The van der Waals surface area contributed by atoms with E-state index in [-0.39, 0.29) is 0 Å². The summed E-state index contributed by atoms with van der Waals surface area (Å²) in [5.74, 6) is 1.13. The number of halogens is 1. The molecule has 1 aromatic carbocycles. The van der Waals surface area contributed by atoms with Crippen molar-refractivity contribution in [2.75, 3.05) is 26.8 Å². The molecule has 19 heavy (non-hydrogen) atoms. The molecule has 1 rings (SSSR count). The van der Waals surface area contributed by atoms with Gasteiger partial charge >= 0.3 is 0 Å². The molecule has 0 heterocycles. The first kappa shape index (κ1) is 16.7. The van der Waals surface area contributed by atoms with Crippen molar-refractivity contribution >= 4 is 15.9 Å². The van der Waals surface area contributed by atoms with Gasteiger partial charge in [-0.2, -0.15) is 0 Å². The van der Waals surface area contributed by atoms with Gasteiger partial charge in [0.2, 0.25) is 0 Å². The first-order valence-electron chi connectivity index (χ1n) is 7.14. The summed E-state index contributed by atoms with van der Waals surface area (Å²) in [6.45, 7) is 7.46. The van der Waals surface area contributed by atoms with Crippen molar-refractivity contribution in [1.82, 2.24) is 5.32 Å². The van der Waals surface area contributed by atoms with Crippen LogP contribution in [0, 0.1) is 5.92 Å². The Hall–Kier alpha value is -0.380. The van der Waals surface area contributed by atoms with Crippen molar-refractivity contribution < 1.29 is 4.74 Å². The van der Waals surface area contributed by atoms with E-state index in [1.807, 2.05) is 0 Å². The van der Waals surface area contributed by atoms with Gasteiger partial charge in [-0.25, -0.2) is 0 Å². The fourth-order valence-electron chi connectivity index (χ4n) is 2.33. The van der Waals surface area contributed by atoms with Crippen LogP contribution in [0.1, 0.15) is 38.2 Å². The fourth-order valence-corrected chi connectivity index (χ4v) is 2.91. The third-order valence-corrected chi connectivity index (χ3v) is 4.28. The highest BCUT2D eigenvalue weighted by Crippen LogP contribution is 2.31. The Morgan fingerprint density at radius 2 is 2.05 bits per heavy atom. The molecule has 1 N–H and O–H groups in total. The number of methoxy groups -OCH3 is 1. The predicted molar refractivity (Wildman–Crippen MR) is 85.7 cm³/mol. The molecule has 3 heteroatoms. The van der Waals surface area contributed by atoms with Crippen LogP contribution >= 0.6 is 15.9 Å². The highest BCUT2D eigenvalue weighted by Gasteiger charge is 2.20. The first-order valence-corrected chi connectivity index (χ1v) is 7.94. The number of hydrogen-bond donors (Lipinski definition) is 1. The third-order valence-electron chi connectivity index (χ3n) is 3.56. The smallest absolute Gasteiger partial charge is 0.0465 e. The van der Waals surface area contributed by atoms with Crippen molar-refractivity contribution in [3.63, 3.8) is 0 Å². The van der Waals surface area contributed by atoms with Gasteiger partial charge in [-0.1, -0.05) is 48.0 Å². The molecule has 0 aliphatic carbocycles. The zero-order valence-corrected chi connectivity index (χ0v) is 13.9. The minimum Gasteiger partial charge on any atom is -0.385 e. The van der Waals surface area contributed by atoms with Crippen LogP contribution in [-0.2, 0) is 4.74 Å². The molecular formula is C16H26BrNO. The van der Waals surface area contributed by atoms with E-state index in [2.05, 4.69) is 59.4 Å². The predicted octanol–water partition coefficient (Wildman–Crippen LogP) is 4.20. The molecule has 0 aromatic heterocycles. The van der Waals surface area contributed by atoms with Gasteiger partial charge in [0.1, 0.15) is 0 Å². The van der Waals surface area contributed by atoms with Gasteiger partial charge < -0.3 is 10.1 Å². The molecule has 0 aliphatic rings. The molecule has 0 saturated carbocycles. The fraction of sp³-hybridized carbons (Fsp3) is 0.625. The lowest BCUT2D eigenvalue weighted by Gasteiger charge is -2.26. The molecule has 0 amide bonds. The second-order valence-corrected chi connectivity index (χ2v) is 5.95. The van der Waals surface area contributed by atoms with Gasteiger partial charge in [-0.05, 0) is 36.9 Å². The summed E-state index contributed by atoms with van der Waals surface area (Å²) in [4.78, 5) is 0. The third kappa shape index (κ3) is 5.64. The Bertz CT molecular complexity index is 356. The van der Waals surface area contributed by atoms with E-state index in [1.165, 1.54) is 16.5 Å². The molecule has 2 unspecified atom stereocenters. The molecular weight excluding hydrogens is 302 g/mol. The average Bonchev–Trinajstić information content (AvgIpc) is 2.42. The second-order valence-electron chi connectivity index (χ2n) is 5.09. The van der Waals surface area contributed by atoms with Gasteiger partial charge in [-0.15, -0.1) is 0 Å². The van der Waals surface area contributed by atoms with Crippen molar-refractivity contribution in [2.24, 2.45) is 5.92 Å². The monoisotopic (exact) mass is 327 g/mol. The van der Waals surface area contributed by atoms with Crippen LogP contribution in [0.15, 0.2) is 28.7 Å². The maximum atomic E-state index is 5.22. The Morgan fingerprint density at radius 3 is 2.68 bits per heavy atom. The van der Waals surface area contributed by atoms with Crippen LogP contribution < -0.4 is 5.32 Å². The maximum absolute atomic E-state index is 5.22. The topological polar surface area (TPSA) is 21.3 Å². The van der Waals surface area contributed by atoms with Gasteiger partial charge in [0.25, 0.3) is 0 Å². The molecule has 108 valence electrons. The minimum atomic E-state index is 0.525. The molecule has 0 radical (unpaired) electrons. The van der Waals surface area contributed by atoms with Crippen LogP contribution in [0.2, 0.25) is 0 Å². The maximum Gasteiger partial charge on any atom is 0.0465 e. The Morgan fingerprint density at radius 1 is 1.32 bits per heavy atom. The summed E-state index contributed by atoms with van der Waals surface area (Å²) < 4.78 is 6.43. The van der Waals surface area contributed by atoms with Gasteiger partial charge in [0.05, 0.1) is 0 Å². The number of rotatable bonds is 9. The zero-order valence-electron chi connectivity index (χ0n) is 12.3. The lowest BCUT2D eigenvalue weighted by molar-refractivity contribution is 0.173. The molecule has 0 bridgehead atoms. The van der Waals surface area contributed by atoms with E-state index in [1.54, 1.807) is 7.11 Å². The van der Waals surface area contributed by atoms with Crippen LogP contribution in [-0.4, -0.2) is 26.8 Å². The van der Waals surface area contributed by atoms with E-state index in [0.29, 0.717) is 11.8 Å². The number of ether oxygens (including phenoxy) is 1. The van der Waals surface area contributed by atoms with Crippen molar-refractivity contribution in [1.29, 1.82) is 0 Å². The molecule has 2 nitrogen and oxygen atoms in total. The van der Waals surface area contributed by atoms with Crippen LogP contribution in [0.4, 0.5) is 0 Å². The first-order chi connectivity index (χ1) is 9.20. The normalized spacial score (nSPS) is 14.3. The molecule has 0 fully saturated rings. The van der Waals surface area contributed by atoms with Crippen LogP contribution in [0.5, 0.6) is 0 Å². The molecule has 0 aliphatic heterocycles. The van der Waals surface area contributed by atoms with E-state index in [9.17, 15) is 0 Å². The van der Waals surface area contributed by atoms with E-state index < -0.39 is 0 Å². The summed E-state index contributed by atoms with van der Waals surface area (Å²) in [6, 6.07) is 8.55. The van der Waals surface area contributed by atoms with E-state index >= 15 is 0 Å². The SMILES string of the molecule is CCCNCC(c1ccccc1Br)C(C)CCOC. The van der Waals surface area contributed by atoms with E-state index in [0.717, 1.165) is 26.1 Å². The average molecular weight is 328 g/mol. The Balaban J connectivity index is 2.76. The van der Waals surface area contributed by atoms with Crippen molar-refractivity contribution in [2.45, 2.75) is 32.6 Å². The summed E-state index contributed by atoms with van der Waals surface area (Å²) in [6.07, 6.45) is 2.27. The lowest BCUT2D eigenvalue weighted by atomic mass is 9.85.